The van der Waals surface area contributed by atoms with Crippen molar-refractivity contribution in [2.75, 3.05) is 21.3 Å². The molecule has 0 aromatic heterocycles. The fourth-order valence-corrected chi connectivity index (χ4v) is 2.98. The van der Waals surface area contributed by atoms with Gasteiger partial charge in [-0.25, -0.2) is 9.59 Å². The number of benzene rings is 1. The molecule has 6 nitrogen and oxygen atoms in total. The van der Waals surface area contributed by atoms with E-state index >= 15 is 0 Å². The molecule has 2 aliphatic heterocycles. The topological polar surface area (TPSA) is 71.1 Å². The molecule has 0 radical (unpaired) electrons. The molecule has 2 atom stereocenters. The lowest BCUT2D eigenvalue weighted by Crippen LogP contribution is -2.30. The molecule has 1 aromatic rings. The van der Waals surface area contributed by atoms with Crippen LogP contribution in [0.5, 0.6) is 5.75 Å². The van der Waals surface area contributed by atoms with E-state index in [4.69, 9.17) is 18.9 Å². The van der Waals surface area contributed by atoms with Gasteiger partial charge in [0.15, 0.2) is 0 Å². The highest BCUT2D eigenvalue weighted by Gasteiger charge is 2.55. The van der Waals surface area contributed by atoms with Crippen LogP contribution in [0.4, 0.5) is 0 Å². The first-order chi connectivity index (χ1) is 11.1. The Morgan fingerprint density at radius 3 is 2.26 bits per heavy atom. The van der Waals surface area contributed by atoms with Gasteiger partial charge in [-0.15, -0.1) is 0 Å². The smallest absolute Gasteiger partial charge is 0.338 e. The minimum absolute atomic E-state index is 0.157. The molecule has 0 spiro atoms. The maximum absolute atomic E-state index is 12.3. The Hall–Kier alpha value is -2.60. The van der Waals surface area contributed by atoms with E-state index in [1.807, 2.05) is 0 Å². The Morgan fingerprint density at radius 2 is 1.70 bits per heavy atom. The number of carbonyl (C=O) groups excluding carboxylic acids is 2. The lowest BCUT2D eigenvalue weighted by atomic mass is 9.81. The van der Waals surface area contributed by atoms with Crippen LogP contribution in [0, 0.1) is 0 Å². The third-order valence-electron chi connectivity index (χ3n) is 4.06. The summed E-state index contributed by atoms with van der Waals surface area (Å²) < 4.78 is 20.8. The average molecular weight is 316 g/mol. The monoisotopic (exact) mass is 316 g/mol. The second-order valence-electron chi connectivity index (χ2n) is 5.13. The Balaban J connectivity index is 2.15. The fraction of sp³-hybridized carbons (Fsp3) is 0.294. The quantitative estimate of drug-likeness (QED) is 0.619. The summed E-state index contributed by atoms with van der Waals surface area (Å²) in [4.78, 5) is 24.4. The van der Waals surface area contributed by atoms with Gasteiger partial charge in [0.05, 0.1) is 32.5 Å². The lowest BCUT2D eigenvalue weighted by molar-refractivity contribution is -0.139. The van der Waals surface area contributed by atoms with Crippen molar-refractivity contribution in [3.63, 3.8) is 0 Å². The van der Waals surface area contributed by atoms with Crippen LogP contribution >= 0.6 is 0 Å². The van der Waals surface area contributed by atoms with Crippen LogP contribution < -0.4 is 4.74 Å². The first kappa shape index (κ1) is 15.3. The highest BCUT2D eigenvalue weighted by molar-refractivity contribution is 6.05. The van der Waals surface area contributed by atoms with Crippen molar-refractivity contribution in [3.05, 3.63) is 53.1 Å². The molecule has 2 bridgehead atoms. The Labute approximate surface area is 133 Å². The van der Waals surface area contributed by atoms with Gasteiger partial charge in [-0.3, -0.25) is 0 Å². The van der Waals surface area contributed by atoms with Crippen molar-refractivity contribution in [1.29, 1.82) is 0 Å². The van der Waals surface area contributed by atoms with Crippen LogP contribution in [0.3, 0.4) is 0 Å². The van der Waals surface area contributed by atoms with Gasteiger partial charge in [-0.05, 0) is 23.8 Å². The summed E-state index contributed by atoms with van der Waals surface area (Å²) in [5, 5.41) is 0. The SMILES string of the molecule is COC(=O)C1=C(C(=O)OC)[C@]2(c3ccc(OC)cc3)C=C[C@H]1O2. The van der Waals surface area contributed by atoms with Crippen molar-refractivity contribution in [1.82, 2.24) is 0 Å². The molecule has 0 aliphatic carbocycles. The molecule has 0 N–H and O–H groups in total. The molecule has 0 fully saturated rings. The highest BCUT2D eigenvalue weighted by atomic mass is 16.6. The van der Waals surface area contributed by atoms with Crippen molar-refractivity contribution < 1.29 is 28.5 Å². The van der Waals surface area contributed by atoms with Gasteiger partial charge in [0.1, 0.15) is 17.5 Å². The summed E-state index contributed by atoms with van der Waals surface area (Å²) in [7, 11) is 4.10. The largest absolute Gasteiger partial charge is 0.497 e. The summed E-state index contributed by atoms with van der Waals surface area (Å²) in [5.41, 5.74) is -0.105. The molecule has 0 amide bonds. The lowest BCUT2D eigenvalue weighted by Gasteiger charge is -2.26. The summed E-state index contributed by atoms with van der Waals surface area (Å²) >= 11 is 0. The van der Waals surface area contributed by atoms with Gasteiger partial charge >= 0.3 is 11.9 Å². The van der Waals surface area contributed by atoms with Crippen molar-refractivity contribution in [3.8, 4) is 5.75 Å². The normalized spacial score (nSPS) is 24.7. The van der Waals surface area contributed by atoms with Gasteiger partial charge in [-0.1, -0.05) is 18.2 Å². The first-order valence-electron chi connectivity index (χ1n) is 7.00. The number of ether oxygens (including phenoxy) is 4. The Bertz CT molecular complexity index is 715. The number of methoxy groups -OCH3 is 3. The summed E-state index contributed by atoms with van der Waals surface area (Å²) in [6.07, 6.45) is 2.87. The molecule has 2 aliphatic rings. The zero-order valence-electron chi connectivity index (χ0n) is 13.0. The van der Waals surface area contributed by atoms with Gasteiger partial charge < -0.3 is 18.9 Å². The summed E-state index contributed by atoms with van der Waals surface area (Å²) in [6, 6.07) is 7.10. The van der Waals surface area contributed by atoms with Gasteiger partial charge in [0.2, 0.25) is 0 Å². The number of fused-ring (bicyclic) bond motifs is 2. The van der Waals surface area contributed by atoms with E-state index in [0.717, 1.165) is 0 Å². The van der Waals surface area contributed by atoms with Crippen molar-refractivity contribution >= 4 is 11.9 Å². The molecule has 0 saturated carbocycles. The number of rotatable bonds is 4. The second-order valence-corrected chi connectivity index (χ2v) is 5.13. The third kappa shape index (κ3) is 2.14. The van der Waals surface area contributed by atoms with Crippen LogP contribution in [0.15, 0.2) is 47.6 Å². The molecule has 2 heterocycles. The van der Waals surface area contributed by atoms with E-state index in [9.17, 15) is 9.59 Å². The molecule has 120 valence electrons. The van der Waals surface area contributed by atoms with Crippen molar-refractivity contribution in [2.45, 2.75) is 11.7 Å². The van der Waals surface area contributed by atoms with E-state index in [0.29, 0.717) is 11.3 Å². The molecule has 6 heteroatoms. The van der Waals surface area contributed by atoms with Crippen LogP contribution in [0.1, 0.15) is 5.56 Å². The van der Waals surface area contributed by atoms with Gasteiger partial charge in [0.25, 0.3) is 0 Å². The number of carbonyl (C=O) groups is 2. The zero-order valence-corrected chi connectivity index (χ0v) is 13.0. The van der Waals surface area contributed by atoms with Crippen LogP contribution in [-0.4, -0.2) is 39.4 Å². The molecule has 3 rings (SSSR count). The van der Waals surface area contributed by atoms with E-state index < -0.39 is 23.6 Å². The molecular formula is C17H16O6. The Morgan fingerprint density at radius 1 is 1.04 bits per heavy atom. The second kappa shape index (κ2) is 5.55. The number of hydrogen-bond acceptors (Lipinski definition) is 6. The average Bonchev–Trinajstić information content (AvgIpc) is 3.18. The van der Waals surface area contributed by atoms with Gasteiger partial charge in [0, 0.05) is 0 Å². The number of hydrogen-bond donors (Lipinski definition) is 0. The van der Waals surface area contributed by atoms with Crippen molar-refractivity contribution in [2.24, 2.45) is 0 Å². The summed E-state index contributed by atoms with van der Waals surface area (Å²) in [5.74, 6) is -0.540. The van der Waals surface area contributed by atoms with E-state index in [-0.39, 0.29) is 11.1 Å². The van der Waals surface area contributed by atoms with E-state index in [1.54, 1.807) is 43.5 Å². The molecule has 23 heavy (non-hydrogen) atoms. The van der Waals surface area contributed by atoms with Crippen LogP contribution in [0.25, 0.3) is 0 Å². The molecule has 0 unspecified atom stereocenters. The highest BCUT2D eigenvalue weighted by Crippen LogP contribution is 2.50. The van der Waals surface area contributed by atoms with Crippen LogP contribution in [0.2, 0.25) is 0 Å². The fourth-order valence-electron chi connectivity index (χ4n) is 2.98. The molecule has 1 aromatic carbocycles. The van der Waals surface area contributed by atoms with E-state index in [2.05, 4.69) is 0 Å². The van der Waals surface area contributed by atoms with Gasteiger partial charge in [-0.2, -0.15) is 0 Å². The minimum Gasteiger partial charge on any atom is -0.497 e. The molecule has 0 saturated heterocycles. The Kier molecular flexibility index (Phi) is 3.69. The minimum atomic E-state index is -1.15. The first-order valence-corrected chi connectivity index (χ1v) is 7.00. The predicted molar refractivity (Wildman–Crippen MR) is 79.7 cm³/mol. The maximum atomic E-state index is 12.3. The number of esters is 2. The predicted octanol–water partition coefficient (Wildman–Crippen LogP) is 1.50. The summed E-state index contributed by atoms with van der Waals surface area (Å²) in [6.45, 7) is 0. The van der Waals surface area contributed by atoms with E-state index in [1.165, 1.54) is 14.2 Å². The third-order valence-corrected chi connectivity index (χ3v) is 4.06. The molecular weight excluding hydrogens is 300 g/mol. The maximum Gasteiger partial charge on any atom is 0.338 e. The zero-order chi connectivity index (χ0) is 16.6. The van der Waals surface area contributed by atoms with Crippen LogP contribution in [-0.2, 0) is 29.4 Å². The standard InChI is InChI=1S/C17H16O6/c1-20-11-6-4-10(5-7-11)17-9-8-12(23-17)13(15(18)21-2)14(17)16(19)22-3/h4-9,12H,1-3H3/t12-,17-/m1/s1.